The Morgan fingerprint density at radius 3 is 2.83 bits per heavy atom. The number of rotatable bonds is 3. The third kappa shape index (κ3) is 2.67. The van der Waals surface area contributed by atoms with Gasteiger partial charge in [-0.1, -0.05) is 0 Å². The smallest absolute Gasteiger partial charge is 0.274 e. The normalized spacial score (nSPS) is 14.0. The first-order chi connectivity index (χ1) is 8.15. The minimum absolute atomic E-state index is 0. The molecule has 6 heteroatoms. The molecular weight excluding hydrogens is 252 g/mol. The van der Waals surface area contributed by atoms with Crippen LogP contribution in [0.2, 0.25) is 0 Å². The van der Waals surface area contributed by atoms with Crippen LogP contribution in [0, 0.1) is 0 Å². The van der Waals surface area contributed by atoms with Gasteiger partial charge in [-0.3, -0.25) is 9.89 Å². The summed E-state index contributed by atoms with van der Waals surface area (Å²) in [4.78, 5) is 14.2. The first kappa shape index (κ1) is 15.0. The van der Waals surface area contributed by atoms with E-state index in [1.54, 1.807) is 0 Å². The third-order valence-electron chi connectivity index (χ3n) is 3.23. The number of fused-ring (bicyclic) bond motifs is 1. The van der Waals surface area contributed by atoms with Crippen LogP contribution in [0.1, 0.15) is 42.5 Å². The zero-order valence-corrected chi connectivity index (χ0v) is 11.9. The van der Waals surface area contributed by atoms with Crippen LogP contribution >= 0.6 is 12.4 Å². The summed E-state index contributed by atoms with van der Waals surface area (Å²) in [5.74, 6) is 0.0312. The molecule has 1 aliphatic heterocycles. The number of amides is 1. The van der Waals surface area contributed by atoms with Crippen LogP contribution in [0.3, 0.4) is 0 Å². The van der Waals surface area contributed by atoms with Crippen LogP contribution in [-0.4, -0.2) is 40.1 Å². The van der Waals surface area contributed by atoms with E-state index in [0.29, 0.717) is 12.2 Å². The summed E-state index contributed by atoms with van der Waals surface area (Å²) in [5, 5.41) is 10.5. The van der Waals surface area contributed by atoms with Crippen LogP contribution in [0.5, 0.6) is 0 Å². The van der Waals surface area contributed by atoms with Gasteiger partial charge in [-0.25, -0.2) is 0 Å². The number of hydrogen-bond acceptors (Lipinski definition) is 3. The van der Waals surface area contributed by atoms with Gasteiger partial charge in [0.25, 0.3) is 5.91 Å². The number of carbonyl (C=O) groups is 1. The molecule has 2 heterocycles. The van der Waals surface area contributed by atoms with Crippen LogP contribution in [0.25, 0.3) is 0 Å². The van der Waals surface area contributed by atoms with Crippen molar-refractivity contribution in [3.05, 3.63) is 17.0 Å². The quantitative estimate of drug-likeness (QED) is 0.873. The Hall–Kier alpha value is -1.07. The molecule has 0 saturated heterocycles. The molecule has 0 aromatic carbocycles. The van der Waals surface area contributed by atoms with E-state index >= 15 is 0 Å². The van der Waals surface area contributed by atoms with E-state index in [9.17, 15) is 4.79 Å². The van der Waals surface area contributed by atoms with Crippen molar-refractivity contribution in [1.29, 1.82) is 0 Å². The van der Waals surface area contributed by atoms with Crippen molar-refractivity contribution in [2.75, 3.05) is 13.1 Å². The first-order valence-corrected chi connectivity index (χ1v) is 6.23. The zero-order valence-electron chi connectivity index (χ0n) is 11.1. The number of hydrogen-bond donors (Lipinski definition) is 2. The van der Waals surface area contributed by atoms with Crippen LogP contribution < -0.4 is 5.32 Å². The van der Waals surface area contributed by atoms with E-state index in [1.807, 2.05) is 25.7 Å². The number of H-pyrrole nitrogens is 1. The Bertz CT molecular complexity index is 416. The molecule has 0 unspecified atom stereocenters. The highest BCUT2D eigenvalue weighted by Gasteiger charge is 2.25. The molecule has 18 heavy (non-hydrogen) atoms. The predicted molar refractivity (Wildman–Crippen MR) is 73.1 cm³/mol. The maximum atomic E-state index is 12.4. The number of halogens is 1. The average Bonchev–Trinajstić information content (AvgIpc) is 2.72. The largest absolute Gasteiger partial charge is 0.335 e. The molecule has 0 saturated carbocycles. The van der Waals surface area contributed by atoms with Crippen LogP contribution in [-0.2, 0) is 13.0 Å². The highest BCUT2D eigenvalue weighted by molar-refractivity contribution is 5.94. The molecule has 1 amide bonds. The highest BCUT2D eigenvalue weighted by Crippen LogP contribution is 2.17. The average molecular weight is 273 g/mol. The Balaban J connectivity index is 0.00000162. The van der Waals surface area contributed by atoms with E-state index in [0.717, 1.165) is 30.8 Å². The van der Waals surface area contributed by atoms with Crippen molar-refractivity contribution in [1.82, 2.24) is 20.4 Å². The van der Waals surface area contributed by atoms with Gasteiger partial charge in [0.15, 0.2) is 5.69 Å². The molecule has 1 aromatic heterocycles. The van der Waals surface area contributed by atoms with E-state index in [2.05, 4.69) is 15.5 Å². The fraction of sp³-hybridized carbons (Fsp3) is 0.667. The lowest BCUT2D eigenvalue weighted by molar-refractivity contribution is 0.0709. The number of nitrogens with zero attached hydrogens (tertiary/aromatic N) is 2. The Morgan fingerprint density at radius 1 is 1.50 bits per heavy atom. The number of aromatic amines is 1. The number of aromatic nitrogens is 2. The van der Waals surface area contributed by atoms with Crippen molar-refractivity contribution >= 4 is 18.3 Å². The zero-order chi connectivity index (χ0) is 12.4. The maximum Gasteiger partial charge on any atom is 0.274 e. The van der Waals surface area contributed by atoms with Gasteiger partial charge in [0, 0.05) is 43.4 Å². The number of carbonyl (C=O) groups excluding carboxylic acids is 1. The monoisotopic (exact) mass is 272 g/mol. The van der Waals surface area contributed by atoms with Crippen LogP contribution in [0.4, 0.5) is 0 Å². The minimum Gasteiger partial charge on any atom is -0.335 e. The summed E-state index contributed by atoms with van der Waals surface area (Å²) >= 11 is 0. The van der Waals surface area contributed by atoms with Crippen molar-refractivity contribution in [2.45, 2.75) is 39.8 Å². The van der Waals surface area contributed by atoms with Crippen LogP contribution in [0.15, 0.2) is 0 Å². The lowest BCUT2D eigenvalue weighted by Gasteiger charge is -2.25. The molecule has 2 rings (SSSR count). The second-order valence-electron chi connectivity index (χ2n) is 4.64. The molecular formula is C12H21ClN4O. The Labute approximate surface area is 114 Å². The fourth-order valence-corrected chi connectivity index (χ4v) is 2.28. The van der Waals surface area contributed by atoms with Crippen molar-refractivity contribution in [3.63, 3.8) is 0 Å². The first-order valence-electron chi connectivity index (χ1n) is 6.23. The number of nitrogens with one attached hydrogen (secondary N) is 2. The lowest BCUT2D eigenvalue weighted by atomic mass is 10.1. The predicted octanol–water partition coefficient (Wildman–Crippen LogP) is 1.35. The molecule has 0 radical (unpaired) electrons. The topological polar surface area (TPSA) is 61.0 Å². The molecule has 0 atom stereocenters. The minimum atomic E-state index is 0. The van der Waals surface area contributed by atoms with Gasteiger partial charge in [-0.15, -0.1) is 12.4 Å². The second-order valence-corrected chi connectivity index (χ2v) is 4.64. The molecule has 0 fully saturated rings. The van der Waals surface area contributed by atoms with E-state index in [-0.39, 0.29) is 24.4 Å². The van der Waals surface area contributed by atoms with Gasteiger partial charge in [0.1, 0.15) is 0 Å². The standard InChI is InChI=1S/C12H20N4O.ClH/c1-4-16(8(2)3)12(17)11-9-7-13-6-5-10(9)14-15-11;/h8,13H,4-7H2,1-3H3,(H,14,15);1H. The Morgan fingerprint density at radius 2 is 2.22 bits per heavy atom. The van der Waals surface area contributed by atoms with Crippen molar-refractivity contribution < 1.29 is 4.79 Å². The summed E-state index contributed by atoms with van der Waals surface area (Å²) in [5.41, 5.74) is 2.73. The molecule has 1 aliphatic rings. The molecule has 0 spiro atoms. The highest BCUT2D eigenvalue weighted by atomic mass is 35.5. The third-order valence-corrected chi connectivity index (χ3v) is 3.23. The second kappa shape index (κ2) is 6.20. The summed E-state index contributed by atoms with van der Waals surface area (Å²) in [7, 11) is 0. The summed E-state index contributed by atoms with van der Waals surface area (Å²) in [6, 6.07) is 0.205. The fourth-order valence-electron chi connectivity index (χ4n) is 2.28. The molecule has 1 aromatic rings. The van der Waals surface area contributed by atoms with E-state index in [1.165, 1.54) is 0 Å². The SMILES string of the molecule is CCN(C(=O)c1n[nH]c2c1CNCC2)C(C)C.Cl. The molecule has 0 aliphatic carbocycles. The summed E-state index contributed by atoms with van der Waals surface area (Å²) < 4.78 is 0. The van der Waals surface area contributed by atoms with Gasteiger partial charge in [-0.05, 0) is 20.8 Å². The molecule has 102 valence electrons. The molecule has 2 N–H and O–H groups in total. The van der Waals surface area contributed by atoms with Gasteiger partial charge >= 0.3 is 0 Å². The van der Waals surface area contributed by atoms with E-state index in [4.69, 9.17) is 0 Å². The van der Waals surface area contributed by atoms with Gasteiger partial charge < -0.3 is 10.2 Å². The molecule has 0 bridgehead atoms. The summed E-state index contributed by atoms with van der Waals surface area (Å²) in [6.07, 6.45) is 0.920. The summed E-state index contributed by atoms with van der Waals surface area (Å²) in [6.45, 7) is 8.45. The van der Waals surface area contributed by atoms with Crippen molar-refractivity contribution in [3.8, 4) is 0 Å². The molecule has 5 nitrogen and oxygen atoms in total. The van der Waals surface area contributed by atoms with Crippen molar-refractivity contribution in [2.24, 2.45) is 0 Å². The van der Waals surface area contributed by atoms with E-state index < -0.39 is 0 Å². The Kier molecular flexibility index (Phi) is 5.16. The van der Waals surface area contributed by atoms with Gasteiger partial charge in [0.05, 0.1) is 0 Å². The maximum absolute atomic E-state index is 12.4. The van der Waals surface area contributed by atoms with Gasteiger partial charge in [0.2, 0.25) is 0 Å². The lowest BCUT2D eigenvalue weighted by Crippen LogP contribution is -2.38. The van der Waals surface area contributed by atoms with Gasteiger partial charge in [-0.2, -0.15) is 5.10 Å².